The number of nitrogens with one attached hydrogen (secondary N) is 1. The van der Waals surface area contributed by atoms with E-state index in [0.717, 1.165) is 16.7 Å². The van der Waals surface area contributed by atoms with Gasteiger partial charge >= 0.3 is 0 Å². The van der Waals surface area contributed by atoms with E-state index < -0.39 is 5.25 Å². The van der Waals surface area contributed by atoms with Gasteiger partial charge in [-0.2, -0.15) is 0 Å². The number of ether oxygens (including phenoxy) is 3. The molecule has 3 amide bonds. The Hall–Kier alpha value is -3.20. The van der Waals surface area contributed by atoms with Crippen LogP contribution in [0.1, 0.15) is 6.42 Å². The number of amides is 3. The summed E-state index contributed by atoms with van der Waals surface area (Å²) in [6.07, 6.45) is 0.0415. The number of rotatable bonds is 6. The number of anilines is 2. The molecule has 0 aromatic heterocycles. The first-order chi connectivity index (χ1) is 14.6. The maximum absolute atomic E-state index is 12.8. The number of carbonyl (C=O) groups excluding carboxylic acids is 3. The average Bonchev–Trinajstić information content (AvgIpc) is 3.05. The van der Waals surface area contributed by atoms with Crippen molar-refractivity contribution in [3.05, 3.63) is 42.5 Å². The number of carbonyl (C=O) groups is 3. The molecule has 2 aromatic carbocycles. The van der Waals surface area contributed by atoms with Gasteiger partial charge in [0.15, 0.2) is 11.5 Å². The monoisotopic (exact) mass is 428 g/mol. The van der Waals surface area contributed by atoms with E-state index in [-0.39, 0.29) is 29.9 Å². The SMILES string of the molecule is COc1ccccc1NC(=O)CSC1CC(=O)N(c2ccc3c(c2)OCCO3)C1=O. The Morgan fingerprint density at radius 2 is 1.93 bits per heavy atom. The fourth-order valence-corrected chi connectivity index (χ4v) is 4.22. The fourth-order valence-electron chi connectivity index (χ4n) is 3.29. The van der Waals surface area contributed by atoms with E-state index in [0.29, 0.717) is 41.8 Å². The van der Waals surface area contributed by atoms with E-state index in [4.69, 9.17) is 14.2 Å². The Morgan fingerprint density at radius 3 is 2.73 bits per heavy atom. The zero-order valence-corrected chi connectivity index (χ0v) is 17.1. The van der Waals surface area contributed by atoms with E-state index in [1.54, 1.807) is 42.5 Å². The van der Waals surface area contributed by atoms with E-state index in [1.807, 2.05) is 0 Å². The standard InChI is InChI=1S/C21H20N2O6S/c1-27-15-5-3-2-4-14(15)22-19(24)12-30-18-11-20(25)23(21(18)26)13-6-7-16-17(10-13)29-9-8-28-16/h2-7,10,18H,8-9,11-12H2,1H3,(H,22,24). The lowest BCUT2D eigenvalue weighted by atomic mass is 10.2. The summed E-state index contributed by atoms with van der Waals surface area (Å²) < 4.78 is 16.2. The highest BCUT2D eigenvalue weighted by molar-refractivity contribution is 8.01. The number of para-hydroxylation sites is 2. The van der Waals surface area contributed by atoms with Gasteiger partial charge in [-0.3, -0.25) is 14.4 Å². The van der Waals surface area contributed by atoms with Gasteiger partial charge in [0, 0.05) is 12.5 Å². The predicted octanol–water partition coefficient (Wildman–Crippen LogP) is 2.47. The molecule has 0 bridgehead atoms. The first kappa shape index (κ1) is 20.1. The lowest BCUT2D eigenvalue weighted by Crippen LogP contribution is -2.31. The summed E-state index contributed by atoms with van der Waals surface area (Å²) in [5, 5.41) is 2.15. The molecule has 0 spiro atoms. The molecular weight excluding hydrogens is 408 g/mol. The van der Waals surface area contributed by atoms with Crippen molar-refractivity contribution in [2.24, 2.45) is 0 Å². The Labute approximate surface area is 177 Å². The lowest BCUT2D eigenvalue weighted by Gasteiger charge is -2.21. The zero-order chi connectivity index (χ0) is 21.1. The number of hydrogen-bond acceptors (Lipinski definition) is 7. The van der Waals surface area contributed by atoms with Crippen LogP contribution in [0.2, 0.25) is 0 Å². The maximum Gasteiger partial charge on any atom is 0.247 e. The van der Waals surface area contributed by atoms with E-state index in [9.17, 15) is 14.4 Å². The van der Waals surface area contributed by atoms with Gasteiger partial charge < -0.3 is 19.5 Å². The molecule has 2 aromatic rings. The highest BCUT2D eigenvalue weighted by Crippen LogP contribution is 2.37. The largest absolute Gasteiger partial charge is 0.495 e. The number of hydrogen-bond donors (Lipinski definition) is 1. The van der Waals surface area contributed by atoms with Crippen LogP contribution in [0.25, 0.3) is 0 Å². The third-order valence-corrected chi connectivity index (χ3v) is 5.89. The lowest BCUT2D eigenvalue weighted by molar-refractivity contribution is -0.121. The van der Waals surface area contributed by atoms with Crippen molar-refractivity contribution in [2.75, 3.05) is 36.3 Å². The van der Waals surface area contributed by atoms with Gasteiger partial charge in [0.1, 0.15) is 19.0 Å². The summed E-state index contributed by atoms with van der Waals surface area (Å²) in [6, 6.07) is 12.0. The van der Waals surface area contributed by atoms with Gasteiger partial charge in [-0.05, 0) is 24.3 Å². The van der Waals surface area contributed by atoms with Crippen molar-refractivity contribution in [3.8, 4) is 17.2 Å². The Morgan fingerprint density at radius 1 is 1.17 bits per heavy atom. The van der Waals surface area contributed by atoms with Crippen molar-refractivity contribution in [3.63, 3.8) is 0 Å². The van der Waals surface area contributed by atoms with Crippen LogP contribution in [-0.4, -0.2) is 49.0 Å². The van der Waals surface area contributed by atoms with Crippen LogP contribution in [0.4, 0.5) is 11.4 Å². The first-order valence-electron chi connectivity index (χ1n) is 9.37. The van der Waals surface area contributed by atoms with Crippen LogP contribution in [0.5, 0.6) is 17.2 Å². The summed E-state index contributed by atoms with van der Waals surface area (Å²) in [4.78, 5) is 38.8. The molecule has 0 aliphatic carbocycles. The minimum atomic E-state index is -0.617. The fraction of sp³-hybridized carbons (Fsp3) is 0.286. The molecule has 1 saturated heterocycles. The number of thioether (sulfide) groups is 1. The molecule has 1 N–H and O–H groups in total. The third-order valence-electron chi connectivity index (χ3n) is 4.69. The number of methoxy groups -OCH3 is 1. The van der Waals surface area contributed by atoms with Crippen molar-refractivity contribution >= 4 is 40.9 Å². The average molecular weight is 428 g/mol. The van der Waals surface area contributed by atoms with Gasteiger partial charge in [0.2, 0.25) is 17.7 Å². The maximum atomic E-state index is 12.8. The van der Waals surface area contributed by atoms with Gasteiger partial charge in [-0.25, -0.2) is 4.90 Å². The van der Waals surface area contributed by atoms with Crippen molar-refractivity contribution in [1.82, 2.24) is 0 Å². The molecule has 4 rings (SSSR count). The number of nitrogens with zero attached hydrogens (tertiary/aromatic N) is 1. The molecular formula is C21H20N2O6S. The molecule has 0 saturated carbocycles. The molecule has 9 heteroatoms. The Balaban J connectivity index is 1.39. The van der Waals surface area contributed by atoms with Crippen LogP contribution in [0, 0.1) is 0 Å². The summed E-state index contributed by atoms with van der Waals surface area (Å²) in [7, 11) is 1.52. The van der Waals surface area contributed by atoms with Crippen LogP contribution < -0.4 is 24.4 Å². The number of benzene rings is 2. The van der Waals surface area contributed by atoms with E-state index in [1.165, 1.54) is 7.11 Å². The second kappa shape index (κ2) is 8.66. The molecule has 1 unspecified atom stereocenters. The minimum Gasteiger partial charge on any atom is -0.495 e. The molecule has 8 nitrogen and oxygen atoms in total. The van der Waals surface area contributed by atoms with Crippen molar-refractivity contribution in [2.45, 2.75) is 11.7 Å². The summed E-state index contributed by atoms with van der Waals surface area (Å²) in [6.45, 7) is 0.877. The van der Waals surface area contributed by atoms with Gasteiger partial charge in [0.25, 0.3) is 0 Å². The van der Waals surface area contributed by atoms with Crippen LogP contribution >= 0.6 is 11.8 Å². The normalized spacial score (nSPS) is 17.8. The van der Waals surface area contributed by atoms with Crippen molar-refractivity contribution in [1.29, 1.82) is 0 Å². The van der Waals surface area contributed by atoms with Gasteiger partial charge in [-0.1, -0.05) is 12.1 Å². The van der Waals surface area contributed by atoms with Gasteiger partial charge in [0.05, 0.1) is 29.5 Å². The van der Waals surface area contributed by atoms with E-state index >= 15 is 0 Å². The molecule has 156 valence electrons. The molecule has 1 fully saturated rings. The van der Waals surface area contributed by atoms with Gasteiger partial charge in [-0.15, -0.1) is 11.8 Å². The second-order valence-corrected chi connectivity index (χ2v) is 7.84. The van der Waals surface area contributed by atoms with Crippen LogP contribution in [0.15, 0.2) is 42.5 Å². The number of imide groups is 1. The Kier molecular flexibility index (Phi) is 5.80. The number of fused-ring (bicyclic) bond motifs is 1. The van der Waals surface area contributed by atoms with Crippen molar-refractivity contribution < 1.29 is 28.6 Å². The summed E-state index contributed by atoms with van der Waals surface area (Å²) in [5.41, 5.74) is 0.994. The smallest absolute Gasteiger partial charge is 0.247 e. The molecule has 2 heterocycles. The second-order valence-electron chi connectivity index (χ2n) is 6.65. The topological polar surface area (TPSA) is 94.2 Å². The van der Waals surface area contributed by atoms with Crippen LogP contribution in [0.3, 0.4) is 0 Å². The zero-order valence-electron chi connectivity index (χ0n) is 16.3. The van der Waals surface area contributed by atoms with Crippen LogP contribution in [-0.2, 0) is 14.4 Å². The molecule has 2 aliphatic rings. The summed E-state index contributed by atoms with van der Waals surface area (Å²) in [5.74, 6) is 0.757. The van der Waals surface area contributed by atoms with E-state index in [2.05, 4.69) is 5.32 Å². The minimum absolute atomic E-state index is 0.0384. The molecule has 30 heavy (non-hydrogen) atoms. The highest BCUT2D eigenvalue weighted by Gasteiger charge is 2.40. The molecule has 2 aliphatic heterocycles. The Bertz CT molecular complexity index is 995. The quantitative estimate of drug-likeness (QED) is 0.707. The molecule has 0 radical (unpaired) electrons. The highest BCUT2D eigenvalue weighted by atomic mass is 32.2. The first-order valence-corrected chi connectivity index (χ1v) is 10.4. The molecule has 1 atom stereocenters. The third kappa shape index (κ3) is 4.06. The predicted molar refractivity (Wildman–Crippen MR) is 112 cm³/mol. The summed E-state index contributed by atoms with van der Waals surface area (Å²) >= 11 is 1.14.